The zero-order chi connectivity index (χ0) is 13.7. The Morgan fingerprint density at radius 1 is 1.37 bits per heavy atom. The minimum absolute atomic E-state index is 0.0300. The lowest BCUT2D eigenvalue weighted by molar-refractivity contribution is -0.124. The highest BCUT2D eigenvalue weighted by Crippen LogP contribution is 2.27. The van der Waals surface area contributed by atoms with Crippen LogP contribution in [0.25, 0.3) is 0 Å². The van der Waals surface area contributed by atoms with Gasteiger partial charge in [0.05, 0.1) is 12.6 Å². The van der Waals surface area contributed by atoms with E-state index in [1.807, 2.05) is 0 Å². The third kappa shape index (κ3) is 3.92. The number of piperidine rings is 1. The van der Waals surface area contributed by atoms with Gasteiger partial charge < -0.3 is 11.1 Å². The van der Waals surface area contributed by atoms with E-state index in [0.29, 0.717) is 6.54 Å². The second-order valence-corrected chi connectivity index (χ2v) is 5.94. The van der Waals surface area contributed by atoms with Gasteiger partial charge in [-0.25, -0.2) is 0 Å². The second-order valence-electron chi connectivity index (χ2n) is 5.94. The van der Waals surface area contributed by atoms with Gasteiger partial charge in [-0.15, -0.1) is 0 Å². The van der Waals surface area contributed by atoms with Gasteiger partial charge in [-0.05, 0) is 32.2 Å². The minimum Gasteiger partial charge on any atom is -0.337 e. The quantitative estimate of drug-likeness (QED) is 0.788. The fourth-order valence-electron chi connectivity index (χ4n) is 3.16. The van der Waals surface area contributed by atoms with Crippen LogP contribution in [-0.4, -0.2) is 42.0 Å². The Labute approximate surface area is 115 Å². The summed E-state index contributed by atoms with van der Waals surface area (Å²) in [6.07, 6.45) is 6.90. The Morgan fingerprint density at radius 2 is 2.11 bits per heavy atom. The average Bonchev–Trinajstić information content (AvgIpc) is 2.39. The van der Waals surface area contributed by atoms with E-state index in [9.17, 15) is 10.1 Å². The molecule has 2 fully saturated rings. The van der Waals surface area contributed by atoms with Gasteiger partial charge >= 0.3 is 0 Å². The fourth-order valence-corrected chi connectivity index (χ4v) is 3.16. The SMILES string of the molecule is N#CC1(NC(=O)CN2CCCC(N)C2)CCCCC1. The Balaban J connectivity index is 1.84. The molecule has 3 N–H and O–H groups in total. The number of amides is 1. The summed E-state index contributed by atoms with van der Waals surface area (Å²) in [7, 11) is 0. The number of likely N-dealkylation sites (tertiary alicyclic amines) is 1. The molecule has 5 nitrogen and oxygen atoms in total. The van der Waals surface area contributed by atoms with Gasteiger partial charge in [-0.1, -0.05) is 19.3 Å². The van der Waals surface area contributed by atoms with E-state index in [2.05, 4.69) is 16.3 Å². The first-order chi connectivity index (χ1) is 9.13. The summed E-state index contributed by atoms with van der Waals surface area (Å²) in [4.78, 5) is 14.2. The summed E-state index contributed by atoms with van der Waals surface area (Å²) in [5, 5.41) is 12.3. The van der Waals surface area contributed by atoms with Crippen molar-refractivity contribution in [2.45, 2.75) is 56.5 Å². The molecule has 1 saturated heterocycles. The third-order valence-electron chi connectivity index (χ3n) is 4.21. The first kappa shape index (κ1) is 14.3. The maximum Gasteiger partial charge on any atom is 0.235 e. The highest BCUT2D eigenvalue weighted by molar-refractivity contribution is 5.79. The van der Waals surface area contributed by atoms with Crippen molar-refractivity contribution >= 4 is 5.91 Å². The summed E-state index contributed by atoms with van der Waals surface area (Å²) in [6.45, 7) is 2.09. The smallest absolute Gasteiger partial charge is 0.235 e. The van der Waals surface area contributed by atoms with Crippen LogP contribution in [0.4, 0.5) is 0 Å². The molecule has 0 aromatic carbocycles. The second kappa shape index (κ2) is 6.36. The maximum atomic E-state index is 12.1. The Bertz CT molecular complexity index is 357. The molecule has 0 bridgehead atoms. The van der Waals surface area contributed by atoms with Crippen molar-refractivity contribution in [3.8, 4) is 6.07 Å². The number of nitrogens with one attached hydrogen (secondary N) is 1. The van der Waals surface area contributed by atoms with E-state index in [-0.39, 0.29) is 11.9 Å². The van der Waals surface area contributed by atoms with Gasteiger partial charge in [0.1, 0.15) is 5.54 Å². The lowest BCUT2D eigenvalue weighted by Crippen LogP contribution is -2.53. The molecule has 1 aliphatic carbocycles. The largest absolute Gasteiger partial charge is 0.337 e. The summed E-state index contributed by atoms with van der Waals surface area (Å²) in [5.74, 6) is -0.0300. The van der Waals surface area contributed by atoms with Gasteiger partial charge in [0.2, 0.25) is 5.91 Å². The molecule has 1 atom stereocenters. The van der Waals surface area contributed by atoms with Crippen LogP contribution >= 0.6 is 0 Å². The molecule has 1 unspecified atom stereocenters. The monoisotopic (exact) mass is 264 g/mol. The van der Waals surface area contributed by atoms with Gasteiger partial charge in [0.25, 0.3) is 0 Å². The minimum atomic E-state index is -0.618. The average molecular weight is 264 g/mol. The number of carbonyl (C=O) groups is 1. The lowest BCUT2D eigenvalue weighted by atomic mass is 9.83. The molecular weight excluding hydrogens is 240 g/mol. The van der Waals surface area contributed by atoms with Crippen molar-refractivity contribution < 1.29 is 4.79 Å². The van der Waals surface area contributed by atoms with Crippen molar-refractivity contribution in [2.75, 3.05) is 19.6 Å². The molecule has 0 radical (unpaired) electrons. The van der Waals surface area contributed by atoms with Crippen LogP contribution in [-0.2, 0) is 4.79 Å². The fraction of sp³-hybridized carbons (Fsp3) is 0.857. The van der Waals surface area contributed by atoms with Crippen LogP contribution in [0.1, 0.15) is 44.9 Å². The molecule has 2 aliphatic rings. The highest BCUT2D eigenvalue weighted by atomic mass is 16.2. The number of nitriles is 1. The van der Waals surface area contributed by atoms with E-state index < -0.39 is 5.54 Å². The molecule has 19 heavy (non-hydrogen) atoms. The van der Waals surface area contributed by atoms with E-state index in [1.54, 1.807) is 0 Å². The zero-order valence-corrected chi connectivity index (χ0v) is 11.5. The van der Waals surface area contributed by atoms with Gasteiger partial charge in [-0.2, -0.15) is 5.26 Å². The number of rotatable bonds is 3. The first-order valence-electron chi connectivity index (χ1n) is 7.34. The van der Waals surface area contributed by atoms with Crippen molar-refractivity contribution in [3.05, 3.63) is 0 Å². The first-order valence-corrected chi connectivity index (χ1v) is 7.34. The van der Waals surface area contributed by atoms with Gasteiger partial charge in [0.15, 0.2) is 0 Å². The van der Waals surface area contributed by atoms with E-state index in [0.717, 1.165) is 51.6 Å². The Kier molecular flexibility index (Phi) is 4.78. The standard InChI is InChI=1S/C14H24N4O/c15-11-14(6-2-1-3-7-14)17-13(19)10-18-8-4-5-12(16)9-18/h12H,1-10,16H2,(H,17,19). The maximum absolute atomic E-state index is 12.1. The van der Waals surface area contributed by atoms with Crippen molar-refractivity contribution in [3.63, 3.8) is 0 Å². The van der Waals surface area contributed by atoms with Crippen molar-refractivity contribution in [1.82, 2.24) is 10.2 Å². The molecular formula is C14H24N4O. The van der Waals surface area contributed by atoms with Crippen LogP contribution in [0.5, 0.6) is 0 Å². The van der Waals surface area contributed by atoms with Crippen LogP contribution in [0.3, 0.4) is 0 Å². The predicted octanol–water partition coefficient (Wildman–Crippen LogP) is 0.752. The third-order valence-corrected chi connectivity index (χ3v) is 4.21. The summed E-state index contributed by atoms with van der Waals surface area (Å²) in [5.41, 5.74) is 5.29. The Hall–Kier alpha value is -1.12. The normalized spacial score (nSPS) is 27.5. The number of hydrogen-bond acceptors (Lipinski definition) is 4. The molecule has 1 saturated carbocycles. The molecule has 106 valence electrons. The van der Waals surface area contributed by atoms with Crippen LogP contribution in [0.15, 0.2) is 0 Å². The van der Waals surface area contributed by atoms with Gasteiger partial charge in [0, 0.05) is 12.6 Å². The lowest BCUT2D eigenvalue weighted by Gasteiger charge is -2.34. The molecule has 5 heteroatoms. The summed E-state index contributed by atoms with van der Waals surface area (Å²) in [6, 6.07) is 2.50. The number of nitrogens with two attached hydrogens (primary N) is 1. The summed E-state index contributed by atoms with van der Waals surface area (Å²) < 4.78 is 0. The topological polar surface area (TPSA) is 82.2 Å². The van der Waals surface area contributed by atoms with Crippen LogP contribution in [0.2, 0.25) is 0 Å². The zero-order valence-electron chi connectivity index (χ0n) is 11.5. The molecule has 1 aliphatic heterocycles. The molecule has 0 aromatic heterocycles. The van der Waals surface area contributed by atoms with E-state index >= 15 is 0 Å². The number of carbonyl (C=O) groups excluding carboxylic acids is 1. The highest BCUT2D eigenvalue weighted by Gasteiger charge is 2.34. The Morgan fingerprint density at radius 3 is 2.74 bits per heavy atom. The molecule has 2 rings (SSSR count). The van der Waals surface area contributed by atoms with Crippen molar-refractivity contribution in [2.24, 2.45) is 5.73 Å². The van der Waals surface area contributed by atoms with Crippen molar-refractivity contribution in [1.29, 1.82) is 5.26 Å². The van der Waals surface area contributed by atoms with E-state index in [4.69, 9.17) is 5.73 Å². The molecule has 1 heterocycles. The van der Waals surface area contributed by atoms with E-state index in [1.165, 1.54) is 6.42 Å². The predicted molar refractivity (Wildman–Crippen MR) is 73.2 cm³/mol. The molecule has 0 aromatic rings. The molecule has 0 spiro atoms. The van der Waals surface area contributed by atoms with Crippen LogP contribution in [0, 0.1) is 11.3 Å². The molecule has 1 amide bonds. The number of nitrogens with zero attached hydrogens (tertiary/aromatic N) is 2. The van der Waals surface area contributed by atoms with Crippen LogP contribution < -0.4 is 11.1 Å². The van der Waals surface area contributed by atoms with Gasteiger partial charge in [-0.3, -0.25) is 9.69 Å². The number of hydrogen-bond donors (Lipinski definition) is 2. The summed E-state index contributed by atoms with van der Waals surface area (Å²) >= 11 is 0.